The molecular formula is C16H17NO3S. The molecule has 1 N–H and O–H groups in total. The number of hydrogen-bond acceptors (Lipinski definition) is 4. The maximum Gasteiger partial charge on any atom is 0.347 e. The van der Waals surface area contributed by atoms with E-state index in [1.807, 2.05) is 45.0 Å². The van der Waals surface area contributed by atoms with Gasteiger partial charge in [-0.1, -0.05) is 39.0 Å². The van der Waals surface area contributed by atoms with Crippen molar-refractivity contribution >= 4 is 17.3 Å². The fourth-order valence-corrected chi connectivity index (χ4v) is 3.73. The van der Waals surface area contributed by atoms with E-state index in [1.165, 1.54) is 11.3 Å². The second-order valence-corrected chi connectivity index (χ2v) is 7.22. The van der Waals surface area contributed by atoms with Gasteiger partial charge in [0.2, 0.25) is 0 Å². The molecule has 1 aliphatic rings. The van der Waals surface area contributed by atoms with Crippen LogP contribution in [0.3, 0.4) is 0 Å². The van der Waals surface area contributed by atoms with E-state index in [4.69, 9.17) is 4.74 Å². The summed E-state index contributed by atoms with van der Waals surface area (Å²) in [5.74, 6) is -0.0110. The molecule has 1 aliphatic heterocycles. The SMILES string of the molecule is CC(C)(C)c1nc(C2COc3ccccc32)sc1C(=O)O. The fourth-order valence-electron chi connectivity index (χ4n) is 2.51. The average Bonchev–Trinajstić information content (AvgIpc) is 3.01. The third-order valence-corrected chi connectivity index (χ3v) is 4.70. The second-order valence-electron chi connectivity index (χ2n) is 6.19. The van der Waals surface area contributed by atoms with Crippen LogP contribution in [-0.4, -0.2) is 22.7 Å². The van der Waals surface area contributed by atoms with Crippen LogP contribution < -0.4 is 4.74 Å². The highest BCUT2D eigenvalue weighted by molar-refractivity contribution is 7.13. The van der Waals surface area contributed by atoms with Crippen LogP contribution in [0.2, 0.25) is 0 Å². The summed E-state index contributed by atoms with van der Waals surface area (Å²) in [7, 11) is 0. The quantitative estimate of drug-likeness (QED) is 0.919. The number of benzene rings is 1. The van der Waals surface area contributed by atoms with E-state index >= 15 is 0 Å². The summed E-state index contributed by atoms with van der Waals surface area (Å²) in [6.07, 6.45) is 0. The van der Waals surface area contributed by atoms with E-state index in [2.05, 4.69) is 4.98 Å². The number of carboxylic acid groups (broad SMARTS) is 1. The van der Waals surface area contributed by atoms with Gasteiger partial charge in [0, 0.05) is 11.0 Å². The van der Waals surface area contributed by atoms with Crippen LogP contribution in [0.15, 0.2) is 24.3 Å². The summed E-state index contributed by atoms with van der Waals surface area (Å²) in [4.78, 5) is 16.5. The van der Waals surface area contributed by atoms with E-state index in [-0.39, 0.29) is 11.3 Å². The van der Waals surface area contributed by atoms with Crippen molar-refractivity contribution in [2.75, 3.05) is 6.61 Å². The van der Waals surface area contributed by atoms with Gasteiger partial charge in [-0.2, -0.15) is 0 Å². The number of aromatic nitrogens is 1. The Kier molecular flexibility index (Phi) is 3.24. The van der Waals surface area contributed by atoms with E-state index < -0.39 is 5.97 Å². The van der Waals surface area contributed by atoms with Crippen LogP contribution in [0, 0.1) is 0 Å². The highest BCUT2D eigenvalue weighted by Gasteiger charge is 2.33. The molecule has 21 heavy (non-hydrogen) atoms. The molecule has 110 valence electrons. The minimum Gasteiger partial charge on any atom is -0.492 e. The number of aromatic carboxylic acids is 1. The number of hydrogen-bond donors (Lipinski definition) is 1. The molecule has 1 atom stereocenters. The Balaban J connectivity index is 2.07. The molecule has 1 unspecified atom stereocenters. The van der Waals surface area contributed by atoms with Gasteiger partial charge in [0.1, 0.15) is 22.2 Å². The molecular weight excluding hydrogens is 286 g/mol. The average molecular weight is 303 g/mol. The van der Waals surface area contributed by atoms with Gasteiger partial charge in [0.15, 0.2) is 0 Å². The number of carbonyl (C=O) groups is 1. The van der Waals surface area contributed by atoms with E-state index in [1.54, 1.807) is 0 Å². The highest BCUT2D eigenvalue weighted by Crippen LogP contribution is 2.41. The smallest absolute Gasteiger partial charge is 0.347 e. The van der Waals surface area contributed by atoms with Crippen LogP contribution in [0.25, 0.3) is 0 Å². The maximum atomic E-state index is 11.5. The Labute approximate surface area is 127 Å². The van der Waals surface area contributed by atoms with Crippen LogP contribution >= 0.6 is 11.3 Å². The molecule has 1 aromatic carbocycles. The third kappa shape index (κ3) is 2.42. The van der Waals surface area contributed by atoms with Crippen molar-refractivity contribution in [1.82, 2.24) is 4.98 Å². The topological polar surface area (TPSA) is 59.4 Å². The zero-order valence-electron chi connectivity index (χ0n) is 12.2. The van der Waals surface area contributed by atoms with Crippen molar-refractivity contribution in [3.63, 3.8) is 0 Å². The first-order chi connectivity index (χ1) is 9.88. The van der Waals surface area contributed by atoms with Crippen LogP contribution in [-0.2, 0) is 5.41 Å². The summed E-state index contributed by atoms with van der Waals surface area (Å²) in [5.41, 5.74) is 1.45. The molecule has 0 saturated carbocycles. The van der Waals surface area contributed by atoms with Crippen molar-refractivity contribution in [2.24, 2.45) is 0 Å². The molecule has 1 aromatic heterocycles. The van der Waals surface area contributed by atoms with Gasteiger partial charge < -0.3 is 9.84 Å². The lowest BCUT2D eigenvalue weighted by Gasteiger charge is -2.16. The summed E-state index contributed by atoms with van der Waals surface area (Å²) < 4.78 is 5.68. The first-order valence-corrected chi connectivity index (χ1v) is 7.66. The summed E-state index contributed by atoms with van der Waals surface area (Å²) in [6, 6.07) is 7.86. The molecule has 0 radical (unpaired) electrons. The van der Waals surface area contributed by atoms with Crippen molar-refractivity contribution in [1.29, 1.82) is 0 Å². The Morgan fingerprint density at radius 1 is 1.38 bits per heavy atom. The van der Waals surface area contributed by atoms with Gasteiger partial charge in [-0.05, 0) is 6.07 Å². The van der Waals surface area contributed by atoms with Gasteiger partial charge in [-0.3, -0.25) is 0 Å². The minimum absolute atomic E-state index is 0.0281. The number of para-hydroxylation sites is 1. The number of nitrogens with zero attached hydrogens (tertiary/aromatic N) is 1. The predicted molar refractivity (Wildman–Crippen MR) is 81.6 cm³/mol. The van der Waals surface area contributed by atoms with E-state index in [9.17, 15) is 9.90 Å². The number of ether oxygens (including phenoxy) is 1. The largest absolute Gasteiger partial charge is 0.492 e. The van der Waals surface area contributed by atoms with Gasteiger partial charge in [-0.15, -0.1) is 11.3 Å². The Morgan fingerprint density at radius 2 is 2.10 bits per heavy atom. The van der Waals surface area contributed by atoms with Crippen molar-refractivity contribution in [3.05, 3.63) is 45.4 Å². The molecule has 0 bridgehead atoms. The van der Waals surface area contributed by atoms with Crippen molar-refractivity contribution in [2.45, 2.75) is 32.1 Å². The van der Waals surface area contributed by atoms with Gasteiger partial charge in [-0.25, -0.2) is 9.78 Å². The Morgan fingerprint density at radius 3 is 2.71 bits per heavy atom. The number of carboxylic acids is 1. The molecule has 2 aromatic rings. The van der Waals surface area contributed by atoms with Crippen LogP contribution in [0.5, 0.6) is 5.75 Å². The number of rotatable bonds is 2. The first kappa shape index (κ1) is 14.1. The second kappa shape index (κ2) is 4.84. The molecule has 4 nitrogen and oxygen atoms in total. The van der Waals surface area contributed by atoms with Crippen molar-refractivity contribution in [3.8, 4) is 5.75 Å². The molecule has 2 heterocycles. The molecule has 3 rings (SSSR count). The normalized spacial score (nSPS) is 17.4. The van der Waals surface area contributed by atoms with Crippen LogP contribution in [0.4, 0.5) is 0 Å². The molecule has 0 saturated heterocycles. The zero-order valence-corrected chi connectivity index (χ0v) is 13.0. The van der Waals surface area contributed by atoms with Crippen molar-refractivity contribution < 1.29 is 14.6 Å². The predicted octanol–water partition coefficient (Wildman–Crippen LogP) is 3.66. The van der Waals surface area contributed by atoms with Gasteiger partial charge in [0.05, 0.1) is 11.6 Å². The standard InChI is InChI=1S/C16H17NO3S/c1-16(2,3)13-12(15(18)19)21-14(17-13)10-8-20-11-7-5-4-6-9(10)11/h4-7,10H,8H2,1-3H3,(H,18,19). The summed E-state index contributed by atoms with van der Waals surface area (Å²) in [6.45, 7) is 6.47. The van der Waals surface area contributed by atoms with Crippen LogP contribution in [0.1, 0.15) is 52.6 Å². The lowest BCUT2D eigenvalue weighted by molar-refractivity contribution is 0.0699. The first-order valence-electron chi connectivity index (χ1n) is 6.84. The van der Waals surface area contributed by atoms with Gasteiger partial charge >= 0.3 is 5.97 Å². The lowest BCUT2D eigenvalue weighted by atomic mass is 9.91. The number of fused-ring (bicyclic) bond motifs is 1. The summed E-state index contributed by atoms with van der Waals surface area (Å²) in [5, 5.41) is 10.2. The fraction of sp³-hybridized carbons (Fsp3) is 0.375. The zero-order chi connectivity index (χ0) is 15.2. The van der Waals surface area contributed by atoms with E-state index in [0.29, 0.717) is 17.2 Å². The van der Waals surface area contributed by atoms with E-state index in [0.717, 1.165) is 16.3 Å². The van der Waals surface area contributed by atoms with Gasteiger partial charge in [0.25, 0.3) is 0 Å². The molecule has 0 fully saturated rings. The third-order valence-electron chi connectivity index (χ3n) is 3.55. The Hall–Kier alpha value is -1.88. The monoisotopic (exact) mass is 303 g/mol. The minimum atomic E-state index is -0.907. The summed E-state index contributed by atoms with van der Waals surface area (Å²) >= 11 is 1.26. The molecule has 5 heteroatoms. The molecule has 0 amide bonds. The maximum absolute atomic E-state index is 11.5. The Bertz CT molecular complexity index is 700. The highest BCUT2D eigenvalue weighted by atomic mass is 32.1. The molecule has 0 spiro atoms. The number of thiazole rings is 1. The lowest BCUT2D eigenvalue weighted by Crippen LogP contribution is -2.16. The molecule has 0 aliphatic carbocycles.